The Morgan fingerprint density at radius 3 is 2.46 bits per heavy atom. The van der Waals surface area contributed by atoms with Gasteiger partial charge in [0.15, 0.2) is 23.0 Å². The molecule has 3 aromatic heterocycles. The molecule has 46 heavy (non-hydrogen) atoms. The van der Waals surface area contributed by atoms with Gasteiger partial charge in [0.05, 0.1) is 35.6 Å². The quantitative estimate of drug-likeness (QED) is 0.0551. The minimum atomic E-state index is -0.487. The topological polar surface area (TPSA) is 148 Å². The lowest BCUT2D eigenvalue weighted by Gasteiger charge is -2.21. The summed E-state index contributed by atoms with van der Waals surface area (Å²) in [4.78, 5) is 47.9. The number of carbonyl (C=O) groups is 1. The fourth-order valence-corrected chi connectivity index (χ4v) is 7.22. The standard InChI is InChI=1S/C31H29N5O8S2/c1-34(29(37)5-4-10-45-46-28-7-6-18(15-33-28)36(39)40)8-9-35-30-21-13-26-27(44-17-43-26)14-23(21)32-16-22(30)19-11-24(41-2)25(42-3)12-20(19)31(35)38/h6-7,11-16H,4-5,8-10,17H2,1-3H3. The predicted molar refractivity (Wildman–Crippen MR) is 176 cm³/mol. The first kappa shape index (κ1) is 31.2. The lowest BCUT2D eigenvalue weighted by atomic mass is 10.0. The smallest absolute Gasteiger partial charge is 0.287 e. The minimum absolute atomic E-state index is 0.0431. The van der Waals surface area contributed by atoms with E-state index in [-0.39, 0.29) is 30.5 Å². The molecular weight excluding hydrogens is 635 g/mol. The van der Waals surface area contributed by atoms with Gasteiger partial charge in [0.25, 0.3) is 11.2 Å². The molecule has 0 bridgehead atoms. The second kappa shape index (κ2) is 13.3. The number of hydrogen-bond donors (Lipinski definition) is 0. The number of likely N-dealkylation sites (N-methyl/N-ethyl adjacent to an activating group) is 1. The number of fused-ring (bicyclic) bond motifs is 6. The van der Waals surface area contributed by atoms with E-state index in [0.717, 1.165) is 10.8 Å². The first-order chi connectivity index (χ1) is 22.3. The molecule has 0 fully saturated rings. The van der Waals surface area contributed by atoms with Gasteiger partial charge in [-0.1, -0.05) is 10.8 Å². The third kappa shape index (κ3) is 6.07. The van der Waals surface area contributed by atoms with Gasteiger partial charge in [-0.05, 0) is 41.5 Å². The third-order valence-corrected chi connectivity index (χ3v) is 10.0. The zero-order chi connectivity index (χ0) is 32.4. The summed E-state index contributed by atoms with van der Waals surface area (Å²) in [7, 11) is 7.72. The molecule has 6 rings (SSSR count). The van der Waals surface area contributed by atoms with Crippen LogP contribution in [-0.2, 0) is 11.3 Å². The highest BCUT2D eigenvalue weighted by Crippen LogP contribution is 2.40. The Hall–Kier alpha value is -4.76. The van der Waals surface area contributed by atoms with Gasteiger partial charge in [0.1, 0.15) is 11.2 Å². The molecule has 13 nitrogen and oxygen atoms in total. The number of carbonyl (C=O) groups excluding carboxylic acids is 1. The summed E-state index contributed by atoms with van der Waals surface area (Å²) in [6.45, 7) is 0.649. The van der Waals surface area contributed by atoms with E-state index in [4.69, 9.17) is 18.9 Å². The number of nitro groups is 1. The number of amides is 1. The predicted octanol–water partition coefficient (Wildman–Crippen LogP) is 5.43. The first-order valence-corrected chi connectivity index (χ1v) is 16.6. The van der Waals surface area contributed by atoms with E-state index in [2.05, 4.69) is 9.97 Å². The van der Waals surface area contributed by atoms with Gasteiger partial charge in [0.2, 0.25) is 12.7 Å². The van der Waals surface area contributed by atoms with E-state index in [1.165, 1.54) is 41.0 Å². The van der Waals surface area contributed by atoms with Crippen LogP contribution >= 0.6 is 21.6 Å². The maximum atomic E-state index is 14.1. The number of ether oxygens (including phenoxy) is 4. The first-order valence-electron chi connectivity index (χ1n) is 14.2. The molecule has 2 aromatic carbocycles. The molecule has 1 amide bonds. The van der Waals surface area contributed by atoms with Crippen LogP contribution in [0.4, 0.5) is 5.69 Å². The van der Waals surface area contributed by atoms with Crippen molar-refractivity contribution < 1.29 is 28.7 Å². The average Bonchev–Trinajstić information content (AvgIpc) is 3.53. The number of methoxy groups -OCH3 is 2. The summed E-state index contributed by atoms with van der Waals surface area (Å²) in [6, 6.07) is 10.1. The molecule has 0 saturated carbocycles. The molecule has 4 heterocycles. The number of hydrogen-bond acceptors (Lipinski definition) is 12. The minimum Gasteiger partial charge on any atom is -0.493 e. The molecule has 0 N–H and O–H groups in total. The second-order valence-electron chi connectivity index (χ2n) is 10.4. The fourth-order valence-electron chi connectivity index (χ4n) is 5.27. The van der Waals surface area contributed by atoms with Crippen molar-refractivity contribution in [2.24, 2.45) is 0 Å². The Labute approximate surface area is 270 Å². The van der Waals surface area contributed by atoms with Crippen LogP contribution in [0, 0.1) is 10.1 Å². The Bertz CT molecular complexity index is 2040. The van der Waals surface area contributed by atoms with Crippen LogP contribution in [0.3, 0.4) is 0 Å². The molecule has 238 valence electrons. The van der Waals surface area contributed by atoms with Crippen LogP contribution in [0.1, 0.15) is 12.8 Å². The maximum absolute atomic E-state index is 14.1. The van der Waals surface area contributed by atoms with E-state index >= 15 is 0 Å². The summed E-state index contributed by atoms with van der Waals surface area (Å²) in [5.74, 6) is 2.73. The van der Waals surface area contributed by atoms with Gasteiger partial charge in [-0.2, -0.15) is 0 Å². The summed E-state index contributed by atoms with van der Waals surface area (Å²) in [6.07, 6.45) is 3.93. The summed E-state index contributed by atoms with van der Waals surface area (Å²) in [5, 5.41) is 14.0. The fraction of sp³-hybridized carbons (Fsp3) is 0.290. The Morgan fingerprint density at radius 2 is 1.76 bits per heavy atom. The maximum Gasteiger partial charge on any atom is 0.287 e. The lowest BCUT2D eigenvalue weighted by Crippen LogP contribution is -2.33. The van der Waals surface area contributed by atoms with Crippen molar-refractivity contribution in [3.63, 3.8) is 0 Å². The molecule has 0 unspecified atom stereocenters. The van der Waals surface area contributed by atoms with Crippen molar-refractivity contribution in [3.8, 4) is 23.0 Å². The summed E-state index contributed by atoms with van der Waals surface area (Å²) >= 11 is 0. The van der Waals surface area contributed by atoms with E-state index < -0.39 is 4.92 Å². The lowest BCUT2D eigenvalue weighted by molar-refractivity contribution is -0.385. The zero-order valence-electron chi connectivity index (χ0n) is 25.2. The molecule has 0 radical (unpaired) electrons. The van der Waals surface area contributed by atoms with Crippen LogP contribution < -0.4 is 24.5 Å². The van der Waals surface area contributed by atoms with Crippen LogP contribution in [0.2, 0.25) is 0 Å². The highest BCUT2D eigenvalue weighted by atomic mass is 33.1. The van der Waals surface area contributed by atoms with E-state index in [1.54, 1.807) is 54.1 Å². The van der Waals surface area contributed by atoms with Gasteiger partial charge in [0, 0.05) is 66.8 Å². The number of benzene rings is 2. The SMILES string of the molecule is COc1cc2c(=O)n(CCN(C)C(=O)CCCSSc3ccc([N+](=O)[O-])cn3)c3c4cc5c(cc4ncc3c2cc1OC)OCO5. The van der Waals surface area contributed by atoms with Gasteiger partial charge in [-0.15, -0.1) is 0 Å². The molecular formula is C31H29N5O8S2. The molecule has 15 heteroatoms. The van der Waals surface area contributed by atoms with E-state index in [9.17, 15) is 19.7 Å². The van der Waals surface area contributed by atoms with Crippen molar-refractivity contribution in [1.29, 1.82) is 0 Å². The third-order valence-electron chi connectivity index (χ3n) is 7.67. The Balaban J connectivity index is 1.22. The van der Waals surface area contributed by atoms with E-state index in [1.807, 2.05) is 6.07 Å². The molecule has 0 saturated heterocycles. The molecule has 5 aromatic rings. The second-order valence-corrected chi connectivity index (χ2v) is 12.8. The number of nitrogens with zero attached hydrogens (tertiary/aromatic N) is 5. The van der Waals surface area contributed by atoms with Crippen molar-refractivity contribution in [3.05, 3.63) is 69.3 Å². The van der Waals surface area contributed by atoms with Crippen molar-refractivity contribution >= 4 is 65.8 Å². The van der Waals surface area contributed by atoms with Crippen LogP contribution in [-0.4, -0.2) is 70.6 Å². The van der Waals surface area contributed by atoms with Gasteiger partial charge in [-0.3, -0.25) is 24.7 Å². The summed E-state index contributed by atoms with van der Waals surface area (Å²) in [5.41, 5.74) is 1.03. The molecule has 0 aliphatic carbocycles. The molecule has 0 spiro atoms. The van der Waals surface area contributed by atoms with Crippen molar-refractivity contribution in [1.82, 2.24) is 19.4 Å². The highest BCUT2D eigenvalue weighted by Gasteiger charge is 2.21. The van der Waals surface area contributed by atoms with Gasteiger partial charge < -0.3 is 28.4 Å². The van der Waals surface area contributed by atoms with E-state index in [0.29, 0.717) is 75.0 Å². The zero-order valence-corrected chi connectivity index (χ0v) is 26.8. The number of aromatic nitrogens is 3. The van der Waals surface area contributed by atoms with Crippen LogP contribution in [0.5, 0.6) is 23.0 Å². The molecule has 1 aliphatic heterocycles. The van der Waals surface area contributed by atoms with Crippen LogP contribution in [0.15, 0.2) is 58.6 Å². The van der Waals surface area contributed by atoms with Crippen molar-refractivity contribution in [2.75, 3.05) is 40.4 Å². The number of pyridine rings is 3. The average molecular weight is 664 g/mol. The van der Waals surface area contributed by atoms with Gasteiger partial charge in [-0.25, -0.2) is 4.98 Å². The van der Waals surface area contributed by atoms with Crippen molar-refractivity contribution in [2.45, 2.75) is 24.4 Å². The summed E-state index contributed by atoms with van der Waals surface area (Å²) < 4.78 is 23.9. The Kier molecular flexibility index (Phi) is 9.03. The monoisotopic (exact) mass is 663 g/mol. The molecule has 0 atom stereocenters. The highest BCUT2D eigenvalue weighted by molar-refractivity contribution is 8.76. The van der Waals surface area contributed by atoms with Crippen LogP contribution in [0.25, 0.3) is 32.6 Å². The molecule has 1 aliphatic rings. The normalized spacial score (nSPS) is 12.2. The largest absolute Gasteiger partial charge is 0.493 e. The Morgan fingerprint density at radius 1 is 1.02 bits per heavy atom. The number of rotatable bonds is 12. The van der Waals surface area contributed by atoms with Gasteiger partial charge >= 0.3 is 0 Å².